The molecule has 1 atom stereocenters. The van der Waals surface area contributed by atoms with Crippen molar-refractivity contribution in [1.29, 1.82) is 0 Å². The van der Waals surface area contributed by atoms with Crippen molar-refractivity contribution in [3.05, 3.63) is 18.9 Å². The molecule has 0 heterocycles. The van der Waals surface area contributed by atoms with Crippen molar-refractivity contribution in [1.82, 2.24) is 0 Å². The molecule has 8 heteroatoms. The zero-order valence-corrected chi connectivity index (χ0v) is 7.81. The van der Waals surface area contributed by atoms with Gasteiger partial charge in [0.1, 0.15) is 0 Å². The monoisotopic (exact) mass is 249 g/mol. The Hall–Kier alpha value is 0.0495. The predicted molar refractivity (Wildman–Crippen MR) is 39.6 cm³/mol. The van der Waals surface area contributed by atoms with E-state index in [-0.39, 0.29) is 55.2 Å². The molecular formula is C3H12F6FeP-. The van der Waals surface area contributed by atoms with E-state index in [2.05, 4.69) is 13.2 Å². The van der Waals surface area contributed by atoms with Crippen LogP contribution in [0, 0.1) is 6.58 Å². The van der Waals surface area contributed by atoms with Crippen LogP contribution in [0.15, 0.2) is 12.3 Å². The van der Waals surface area contributed by atoms with Gasteiger partial charge < -0.3 is 5.73 Å². The number of hydrogen-bond acceptors (Lipinski definition) is 0. The number of hydrogen-bond donors (Lipinski definition) is 0. The van der Waals surface area contributed by atoms with E-state index in [1.54, 1.807) is 0 Å². The molecule has 0 fully saturated rings. The van der Waals surface area contributed by atoms with Gasteiger partial charge in [0, 0.05) is 17.1 Å². The molecule has 0 aliphatic heterocycles. The Morgan fingerprint density at radius 3 is 0.818 bits per heavy atom. The van der Waals surface area contributed by atoms with E-state index in [9.17, 15) is 0 Å². The van der Waals surface area contributed by atoms with Gasteiger partial charge >= 0.3 is 0 Å². The van der Waals surface area contributed by atoms with Crippen LogP contribution in [-0.4, -0.2) is 0 Å². The van der Waals surface area contributed by atoms with Gasteiger partial charge in [-0.15, -0.1) is 0 Å². The molecule has 0 N–H and O–H groups in total. The van der Waals surface area contributed by atoms with Crippen LogP contribution in [-0.2, 0) is 17.1 Å². The molecule has 0 radical (unpaired) electrons. The maximum Gasteiger partial charge on any atom is 0 e. The molecule has 0 rings (SSSR count). The third-order valence-corrected chi connectivity index (χ3v) is 0. The normalized spacial score (nSPS) is 0.727. The fourth-order valence-corrected chi connectivity index (χ4v) is 0. The molecule has 0 aliphatic rings. The molecule has 0 spiro atoms. The van der Waals surface area contributed by atoms with Crippen molar-refractivity contribution in [2.75, 3.05) is 0 Å². The van der Waals surface area contributed by atoms with Crippen LogP contribution in [0.3, 0.4) is 0 Å². The molecule has 0 aromatic carbocycles. The van der Waals surface area contributed by atoms with Gasteiger partial charge in [-0.3, -0.25) is 28.2 Å². The fourth-order valence-electron chi connectivity index (χ4n) is 0. The molecule has 0 bridgehead atoms. The van der Waals surface area contributed by atoms with Crippen molar-refractivity contribution in [2.24, 2.45) is 0 Å². The SMILES string of the molecule is F.F.F.F.F.F.P.[CH-]=C=C.[Fe]. The minimum absolute atomic E-state index is 0. The van der Waals surface area contributed by atoms with Crippen LogP contribution in [0.25, 0.3) is 0 Å². The summed E-state index contributed by atoms with van der Waals surface area (Å²) < 4.78 is 0. The van der Waals surface area contributed by atoms with Gasteiger partial charge in [0.05, 0.1) is 0 Å². The molecule has 0 nitrogen and oxygen atoms in total. The Morgan fingerprint density at radius 1 is 0.818 bits per heavy atom. The van der Waals surface area contributed by atoms with Crippen molar-refractivity contribution < 1.29 is 45.3 Å². The van der Waals surface area contributed by atoms with Gasteiger partial charge in [-0.25, -0.2) is 13.2 Å². The fraction of sp³-hybridized carbons (Fsp3) is 0. The minimum Gasteiger partial charge on any atom is -0.342 e. The zero-order chi connectivity index (χ0) is 2.71. The second-order valence-electron chi connectivity index (χ2n) is 0.204. The molecule has 0 aromatic heterocycles. The van der Waals surface area contributed by atoms with Crippen molar-refractivity contribution in [2.45, 2.75) is 0 Å². The summed E-state index contributed by atoms with van der Waals surface area (Å²) in [6.45, 7) is 7.50. The Balaban J connectivity index is -0.000000000714. The molecule has 0 aliphatic carbocycles. The first-order valence-electron chi connectivity index (χ1n) is 0.642. The van der Waals surface area contributed by atoms with Gasteiger partial charge in [-0.2, -0.15) is 9.90 Å². The number of halogens is 6. The molecule has 0 aromatic rings. The first-order chi connectivity index (χ1) is 1.41. The van der Waals surface area contributed by atoms with Gasteiger partial charge in [-0.1, -0.05) is 0 Å². The van der Waals surface area contributed by atoms with Crippen LogP contribution in [0.4, 0.5) is 28.2 Å². The predicted octanol–water partition coefficient (Wildman–Crippen LogP) is 1.73. The smallest absolute Gasteiger partial charge is 0 e. The molecular weight excluding hydrogens is 237 g/mol. The third kappa shape index (κ3) is 266000. The van der Waals surface area contributed by atoms with Crippen molar-refractivity contribution >= 4 is 9.90 Å². The van der Waals surface area contributed by atoms with Gasteiger partial charge in [0.2, 0.25) is 0 Å². The molecule has 0 saturated carbocycles. The van der Waals surface area contributed by atoms with E-state index < -0.39 is 0 Å². The van der Waals surface area contributed by atoms with E-state index in [1.165, 1.54) is 0 Å². The molecule has 11 heavy (non-hydrogen) atoms. The summed E-state index contributed by atoms with van der Waals surface area (Å²) in [7, 11) is 0. The van der Waals surface area contributed by atoms with Crippen LogP contribution >= 0.6 is 9.90 Å². The first-order valence-corrected chi connectivity index (χ1v) is 0.642. The molecule has 80 valence electrons. The van der Waals surface area contributed by atoms with Crippen molar-refractivity contribution in [3.63, 3.8) is 0 Å². The Morgan fingerprint density at radius 2 is 0.818 bits per heavy atom. The summed E-state index contributed by atoms with van der Waals surface area (Å²) in [6.07, 6.45) is 0. The second kappa shape index (κ2) is 747. The van der Waals surface area contributed by atoms with Crippen LogP contribution in [0.5, 0.6) is 0 Å². The maximum atomic E-state index is 4.49. The molecule has 0 saturated heterocycles. The molecule has 0 amide bonds. The van der Waals surface area contributed by atoms with Gasteiger partial charge in [-0.05, 0) is 0 Å². The van der Waals surface area contributed by atoms with Crippen LogP contribution in [0.2, 0.25) is 0 Å². The Kier molecular flexibility index (Phi) is 18000. The van der Waals surface area contributed by atoms with E-state index >= 15 is 0 Å². The topological polar surface area (TPSA) is 0 Å². The summed E-state index contributed by atoms with van der Waals surface area (Å²) >= 11 is 0. The maximum absolute atomic E-state index is 4.49. The molecule has 1 unspecified atom stereocenters. The standard InChI is InChI=1S/C3H3.6FH.Fe.H3P/c1-3-2;;;;;;;;/h1H,2H2;6*1H;;1H3/q-1;;;;;;;;. The van der Waals surface area contributed by atoms with Gasteiger partial charge in [0.15, 0.2) is 0 Å². The summed E-state index contributed by atoms with van der Waals surface area (Å²) in [5.41, 5.74) is 2.00. The largest absolute Gasteiger partial charge is 0.342 e. The Bertz CT molecular complexity index is 38.8. The zero-order valence-electron chi connectivity index (χ0n) is 5.29. The third-order valence-electron chi connectivity index (χ3n) is 0. The van der Waals surface area contributed by atoms with Crippen molar-refractivity contribution in [3.8, 4) is 0 Å². The van der Waals surface area contributed by atoms with Crippen LogP contribution in [0.1, 0.15) is 0 Å². The van der Waals surface area contributed by atoms with Gasteiger partial charge in [0.25, 0.3) is 0 Å². The Labute approximate surface area is 74.8 Å². The quantitative estimate of drug-likeness (QED) is 0.201. The summed E-state index contributed by atoms with van der Waals surface area (Å²) in [5.74, 6) is 0. The second-order valence-corrected chi connectivity index (χ2v) is 0.204. The number of rotatable bonds is 0. The summed E-state index contributed by atoms with van der Waals surface area (Å²) in [5, 5.41) is 0. The average Bonchev–Trinajstić information content (AvgIpc) is 0.918. The van der Waals surface area contributed by atoms with E-state index in [4.69, 9.17) is 0 Å². The van der Waals surface area contributed by atoms with Crippen LogP contribution < -0.4 is 0 Å². The van der Waals surface area contributed by atoms with E-state index in [0.717, 1.165) is 0 Å². The van der Waals surface area contributed by atoms with E-state index in [1.807, 2.05) is 5.73 Å². The summed E-state index contributed by atoms with van der Waals surface area (Å²) in [6, 6.07) is 0. The minimum atomic E-state index is 0. The first kappa shape index (κ1) is 266. The summed E-state index contributed by atoms with van der Waals surface area (Å²) in [4.78, 5) is 0. The average molecular weight is 249 g/mol. The van der Waals surface area contributed by atoms with E-state index in [0.29, 0.717) is 0 Å².